The minimum Gasteiger partial charge on any atom is -0.373 e. The summed E-state index contributed by atoms with van der Waals surface area (Å²) in [6.45, 7) is 1.84. The molecule has 2 aromatic carbocycles. The van der Waals surface area contributed by atoms with E-state index in [0.29, 0.717) is 21.3 Å². The van der Waals surface area contributed by atoms with Gasteiger partial charge in [-0.25, -0.2) is 0 Å². The van der Waals surface area contributed by atoms with E-state index in [-0.39, 0.29) is 16.8 Å². The summed E-state index contributed by atoms with van der Waals surface area (Å²) >= 11 is 18.1. The maximum Gasteiger partial charge on any atom is 0.292 e. The Labute approximate surface area is 136 Å². The van der Waals surface area contributed by atoms with E-state index in [9.17, 15) is 10.1 Å². The highest BCUT2D eigenvalue weighted by molar-refractivity contribution is 6.48. The second-order valence-corrected chi connectivity index (χ2v) is 5.57. The van der Waals surface area contributed by atoms with Crippen LogP contribution in [0, 0.1) is 10.1 Å². The number of nitro benzene ring substituents is 1. The molecule has 0 aliphatic carbocycles. The summed E-state index contributed by atoms with van der Waals surface area (Å²) in [4.78, 5) is 10.6. The first-order valence-electron chi connectivity index (χ1n) is 6.05. The van der Waals surface area contributed by atoms with Gasteiger partial charge in [-0.3, -0.25) is 10.1 Å². The van der Waals surface area contributed by atoms with Gasteiger partial charge in [0.2, 0.25) is 0 Å². The van der Waals surface area contributed by atoms with Gasteiger partial charge in [0.25, 0.3) is 5.69 Å². The molecule has 1 unspecified atom stereocenters. The Morgan fingerprint density at radius 1 is 1.10 bits per heavy atom. The van der Waals surface area contributed by atoms with Crippen LogP contribution in [-0.4, -0.2) is 4.92 Å². The van der Waals surface area contributed by atoms with Crippen LogP contribution in [0.15, 0.2) is 36.4 Å². The van der Waals surface area contributed by atoms with Gasteiger partial charge in [-0.15, -0.1) is 0 Å². The number of hydrogen-bond donors (Lipinski definition) is 1. The Morgan fingerprint density at radius 2 is 1.76 bits per heavy atom. The van der Waals surface area contributed by atoms with Gasteiger partial charge in [0.1, 0.15) is 5.69 Å². The maximum absolute atomic E-state index is 11.0. The van der Waals surface area contributed by atoms with Crippen molar-refractivity contribution in [2.75, 3.05) is 5.32 Å². The molecule has 0 radical (unpaired) electrons. The van der Waals surface area contributed by atoms with Crippen molar-refractivity contribution in [3.63, 3.8) is 0 Å². The van der Waals surface area contributed by atoms with Crippen LogP contribution < -0.4 is 5.32 Å². The van der Waals surface area contributed by atoms with Crippen molar-refractivity contribution in [3.05, 3.63) is 67.1 Å². The molecule has 0 aliphatic rings. The first kappa shape index (κ1) is 15.9. The van der Waals surface area contributed by atoms with Crippen molar-refractivity contribution in [1.82, 2.24) is 0 Å². The van der Waals surface area contributed by atoms with Gasteiger partial charge in [-0.05, 0) is 24.6 Å². The molecule has 21 heavy (non-hydrogen) atoms. The highest BCUT2D eigenvalue weighted by Gasteiger charge is 2.18. The lowest BCUT2D eigenvalue weighted by Crippen LogP contribution is -2.09. The van der Waals surface area contributed by atoms with Crippen molar-refractivity contribution < 1.29 is 4.92 Å². The third-order valence-electron chi connectivity index (χ3n) is 3.00. The first-order chi connectivity index (χ1) is 9.91. The molecule has 0 aromatic heterocycles. The van der Waals surface area contributed by atoms with Crippen LogP contribution in [0.3, 0.4) is 0 Å². The van der Waals surface area contributed by atoms with Crippen LogP contribution in [0.2, 0.25) is 15.1 Å². The van der Waals surface area contributed by atoms with Crippen LogP contribution in [-0.2, 0) is 0 Å². The second kappa shape index (κ2) is 6.52. The largest absolute Gasteiger partial charge is 0.373 e. The van der Waals surface area contributed by atoms with Crippen LogP contribution >= 0.6 is 34.8 Å². The summed E-state index contributed by atoms with van der Waals surface area (Å²) in [5.41, 5.74) is 1.13. The first-order valence-corrected chi connectivity index (χ1v) is 7.18. The minimum absolute atomic E-state index is 0.000493. The van der Waals surface area contributed by atoms with Crippen molar-refractivity contribution in [3.8, 4) is 0 Å². The van der Waals surface area contributed by atoms with E-state index in [1.54, 1.807) is 30.3 Å². The highest BCUT2D eigenvalue weighted by Crippen LogP contribution is 2.37. The molecule has 7 heteroatoms. The predicted molar refractivity (Wildman–Crippen MR) is 86.6 cm³/mol. The molecule has 0 spiro atoms. The molecule has 0 amide bonds. The van der Waals surface area contributed by atoms with E-state index >= 15 is 0 Å². The number of halogens is 3. The number of nitrogens with one attached hydrogen (secondary N) is 1. The maximum atomic E-state index is 11.0. The fourth-order valence-electron chi connectivity index (χ4n) is 1.94. The lowest BCUT2D eigenvalue weighted by Gasteiger charge is -2.18. The fraction of sp³-hybridized carbons (Fsp3) is 0.143. The zero-order chi connectivity index (χ0) is 15.6. The third kappa shape index (κ3) is 3.40. The number of rotatable bonds is 4. The number of benzene rings is 2. The quantitative estimate of drug-likeness (QED) is 0.437. The molecule has 1 atom stereocenters. The Morgan fingerprint density at radius 3 is 2.43 bits per heavy atom. The van der Waals surface area contributed by atoms with Crippen LogP contribution in [0.1, 0.15) is 18.5 Å². The number of nitro groups is 1. The summed E-state index contributed by atoms with van der Waals surface area (Å²) < 4.78 is 0. The topological polar surface area (TPSA) is 55.2 Å². The zero-order valence-electron chi connectivity index (χ0n) is 10.9. The smallest absolute Gasteiger partial charge is 0.292 e. The lowest BCUT2D eigenvalue weighted by atomic mass is 10.1. The summed E-state index contributed by atoms with van der Waals surface area (Å²) in [7, 11) is 0. The fourth-order valence-corrected chi connectivity index (χ4v) is 2.65. The average molecular weight is 346 g/mol. The van der Waals surface area contributed by atoms with Crippen molar-refractivity contribution >= 4 is 46.2 Å². The van der Waals surface area contributed by atoms with Gasteiger partial charge in [0.05, 0.1) is 26.0 Å². The molecule has 0 aliphatic heterocycles. The van der Waals surface area contributed by atoms with E-state index in [2.05, 4.69) is 5.32 Å². The molecule has 0 heterocycles. The van der Waals surface area contributed by atoms with E-state index < -0.39 is 4.92 Å². The van der Waals surface area contributed by atoms with Crippen molar-refractivity contribution in [2.45, 2.75) is 13.0 Å². The summed E-state index contributed by atoms with van der Waals surface area (Å²) in [5, 5.41) is 15.0. The number of hydrogen-bond acceptors (Lipinski definition) is 3. The lowest BCUT2D eigenvalue weighted by molar-refractivity contribution is -0.384. The molecular formula is C14H11Cl3N2O2. The van der Waals surface area contributed by atoms with Crippen molar-refractivity contribution in [1.29, 1.82) is 0 Å². The van der Waals surface area contributed by atoms with Gasteiger partial charge in [-0.1, -0.05) is 53.0 Å². The Bertz CT molecular complexity index is 692. The van der Waals surface area contributed by atoms with Gasteiger partial charge in [-0.2, -0.15) is 0 Å². The van der Waals surface area contributed by atoms with Crippen molar-refractivity contribution in [2.24, 2.45) is 0 Å². The molecule has 0 fully saturated rings. The summed E-state index contributed by atoms with van der Waals surface area (Å²) in [6, 6.07) is 9.52. The normalized spacial score (nSPS) is 12.0. The van der Waals surface area contributed by atoms with Crippen LogP contribution in [0.25, 0.3) is 0 Å². The van der Waals surface area contributed by atoms with E-state index in [1.165, 1.54) is 6.07 Å². The van der Waals surface area contributed by atoms with Gasteiger partial charge in [0.15, 0.2) is 0 Å². The van der Waals surface area contributed by atoms with Crippen LogP contribution in [0.5, 0.6) is 0 Å². The number of nitrogens with zero attached hydrogens (tertiary/aromatic N) is 1. The zero-order valence-corrected chi connectivity index (χ0v) is 13.2. The second-order valence-electron chi connectivity index (χ2n) is 4.40. The van der Waals surface area contributed by atoms with Gasteiger partial charge < -0.3 is 5.32 Å². The highest BCUT2D eigenvalue weighted by atomic mass is 35.5. The molecule has 0 bridgehead atoms. The molecule has 0 saturated heterocycles. The molecule has 4 nitrogen and oxygen atoms in total. The molecule has 2 aromatic rings. The minimum atomic E-state index is -0.439. The summed E-state index contributed by atoms with van der Waals surface area (Å²) in [6.07, 6.45) is 0. The third-order valence-corrected chi connectivity index (χ3v) is 4.31. The molecular weight excluding hydrogens is 335 g/mol. The van der Waals surface area contributed by atoms with Gasteiger partial charge in [0, 0.05) is 6.07 Å². The Balaban J connectivity index is 2.33. The van der Waals surface area contributed by atoms with E-state index in [0.717, 1.165) is 0 Å². The monoisotopic (exact) mass is 344 g/mol. The van der Waals surface area contributed by atoms with Crippen LogP contribution in [0.4, 0.5) is 11.4 Å². The number of anilines is 1. The standard InChI is InChI=1S/C14H11Cl3N2O2/c1-8(9-6-7-10(15)14(17)13(9)16)18-11-4-2-3-5-12(11)19(20)21/h2-8,18H,1H3. The Kier molecular flexibility index (Phi) is 4.93. The average Bonchev–Trinajstić information content (AvgIpc) is 2.45. The summed E-state index contributed by atoms with van der Waals surface area (Å²) in [5.74, 6) is 0. The Hall–Kier alpha value is -1.49. The SMILES string of the molecule is CC(Nc1ccccc1[N+](=O)[O-])c1ccc(Cl)c(Cl)c1Cl. The number of para-hydroxylation sites is 2. The predicted octanol–water partition coefficient (Wildman–Crippen LogP) is 5.73. The van der Waals surface area contributed by atoms with Gasteiger partial charge >= 0.3 is 0 Å². The van der Waals surface area contributed by atoms with E-state index in [1.807, 2.05) is 6.92 Å². The molecule has 1 N–H and O–H groups in total. The van der Waals surface area contributed by atoms with E-state index in [4.69, 9.17) is 34.8 Å². The molecule has 110 valence electrons. The molecule has 2 rings (SSSR count). The molecule has 0 saturated carbocycles.